The van der Waals surface area contributed by atoms with Crippen LogP contribution in [0.3, 0.4) is 0 Å². The SMILES string of the molecule is CN(C(=Nc1c(F)c(F)c(F)c(F)c1F)N(C)c1ccccc1)c1ccccc1. The highest BCUT2D eigenvalue weighted by Crippen LogP contribution is 2.31. The van der Waals surface area contributed by atoms with Crippen molar-refractivity contribution in [1.29, 1.82) is 0 Å². The molecule has 29 heavy (non-hydrogen) atoms. The van der Waals surface area contributed by atoms with Crippen LogP contribution < -0.4 is 9.80 Å². The van der Waals surface area contributed by atoms with Gasteiger partial charge in [0.15, 0.2) is 23.3 Å². The number of benzene rings is 3. The fraction of sp³-hybridized carbons (Fsp3) is 0.0952. The second kappa shape index (κ2) is 8.30. The van der Waals surface area contributed by atoms with Crippen molar-refractivity contribution in [3.05, 3.63) is 89.7 Å². The minimum atomic E-state index is -2.23. The predicted molar refractivity (Wildman–Crippen MR) is 103 cm³/mol. The molecular formula is C21H16F5N3. The van der Waals surface area contributed by atoms with E-state index in [-0.39, 0.29) is 5.96 Å². The molecule has 0 N–H and O–H groups in total. The first kappa shape index (κ1) is 20.3. The van der Waals surface area contributed by atoms with Gasteiger partial charge < -0.3 is 9.80 Å². The van der Waals surface area contributed by atoms with Crippen LogP contribution >= 0.6 is 0 Å². The number of nitrogens with zero attached hydrogens (tertiary/aromatic N) is 3. The van der Waals surface area contributed by atoms with Crippen LogP contribution in [0, 0.1) is 29.1 Å². The molecule has 0 radical (unpaired) electrons. The minimum absolute atomic E-state index is 0.0504. The lowest BCUT2D eigenvalue weighted by molar-refractivity contribution is 0.381. The van der Waals surface area contributed by atoms with E-state index in [2.05, 4.69) is 4.99 Å². The molecule has 0 spiro atoms. The van der Waals surface area contributed by atoms with Gasteiger partial charge in [-0.3, -0.25) is 0 Å². The maximum Gasteiger partial charge on any atom is 0.210 e. The molecule has 3 aromatic rings. The number of hydrogen-bond donors (Lipinski definition) is 0. The highest BCUT2D eigenvalue weighted by molar-refractivity contribution is 6.07. The van der Waals surface area contributed by atoms with Gasteiger partial charge in [-0.05, 0) is 24.3 Å². The topological polar surface area (TPSA) is 18.8 Å². The molecule has 0 atom stereocenters. The van der Waals surface area contributed by atoms with Gasteiger partial charge in [-0.15, -0.1) is 0 Å². The van der Waals surface area contributed by atoms with Crippen LogP contribution in [-0.2, 0) is 0 Å². The Labute approximate surface area is 164 Å². The monoisotopic (exact) mass is 405 g/mol. The van der Waals surface area contributed by atoms with Crippen molar-refractivity contribution in [3.8, 4) is 0 Å². The average molecular weight is 405 g/mol. The van der Waals surface area contributed by atoms with E-state index >= 15 is 0 Å². The van der Waals surface area contributed by atoms with Crippen LogP contribution in [0.1, 0.15) is 0 Å². The number of para-hydroxylation sites is 2. The molecule has 8 heteroatoms. The lowest BCUT2D eigenvalue weighted by atomic mass is 10.2. The maximum absolute atomic E-state index is 14.2. The summed E-state index contributed by atoms with van der Waals surface area (Å²) in [5.74, 6) is -10.4. The Morgan fingerprint density at radius 3 is 1.31 bits per heavy atom. The number of rotatable bonds is 3. The maximum atomic E-state index is 14.2. The molecule has 0 amide bonds. The molecule has 0 saturated carbocycles. The quantitative estimate of drug-likeness (QED) is 0.185. The third-order valence-corrected chi connectivity index (χ3v) is 4.29. The van der Waals surface area contributed by atoms with Crippen molar-refractivity contribution >= 4 is 23.0 Å². The van der Waals surface area contributed by atoms with Gasteiger partial charge in [-0.1, -0.05) is 36.4 Å². The van der Waals surface area contributed by atoms with Crippen molar-refractivity contribution in [2.45, 2.75) is 0 Å². The molecule has 0 heterocycles. The molecule has 0 unspecified atom stereocenters. The Kier molecular flexibility index (Phi) is 5.81. The third kappa shape index (κ3) is 3.91. The molecule has 0 bridgehead atoms. The summed E-state index contributed by atoms with van der Waals surface area (Å²) in [6, 6.07) is 17.4. The Morgan fingerprint density at radius 1 is 0.586 bits per heavy atom. The summed E-state index contributed by atoms with van der Waals surface area (Å²) in [6.07, 6.45) is 0. The summed E-state index contributed by atoms with van der Waals surface area (Å²) in [7, 11) is 3.14. The molecule has 0 saturated heterocycles. The highest BCUT2D eigenvalue weighted by Gasteiger charge is 2.27. The van der Waals surface area contributed by atoms with Gasteiger partial charge in [0.1, 0.15) is 5.69 Å². The normalized spacial score (nSPS) is 10.6. The van der Waals surface area contributed by atoms with E-state index in [4.69, 9.17) is 0 Å². The van der Waals surface area contributed by atoms with Gasteiger partial charge in [0.05, 0.1) is 0 Å². The molecule has 0 aliphatic carbocycles. The molecule has 0 aromatic heterocycles. The van der Waals surface area contributed by atoms with Crippen molar-refractivity contribution in [2.75, 3.05) is 23.9 Å². The van der Waals surface area contributed by atoms with Gasteiger partial charge in [0.25, 0.3) is 0 Å². The van der Waals surface area contributed by atoms with Crippen LogP contribution in [-0.4, -0.2) is 20.1 Å². The molecule has 0 fully saturated rings. The van der Waals surface area contributed by atoms with Gasteiger partial charge in [0, 0.05) is 25.5 Å². The lowest BCUT2D eigenvalue weighted by Gasteiger charge is -2.29. The van der Waals surface area contributed by atoms with Crippen molar-refractivity contribution in [3.63, 3.8) is 0 Å². The Morgan fingerprint density at radius 2 is 0.931 bits per heavy atom. The van der Waals surface area contributed by atoms with E-state index in [0.29, 0.717) is 11.4 Å². The minimum Gasteiger partial charge on any atom is -0.315 e. The Bertz CT molecular complexity index is 963. The van der Waals surface area contributed by atoms with Crippen molar-refractivity contribution in [1.82, 2.24) is 0 Å². The lowest BCUT2D eigenvalue weighted by Crippen LogP contribution is -2.40. The predicted octanol–water partition coefficient (Wildman–Crippen LogP) is 5.64. The number of anilines is 2. The van der Waals surface area contributed by atoms with Crippen LogP contribution in [0.25, 0.3) is 0 Å². The molecule has 3 nitrogen and oxygen atoms in total. The van der Waals surface area contributed by atoms with Crippen LogP contribution in [0.2, 0.25) is 0 Å². The zero-order valence-corrected chi connectivity index (χ0v) is 15.5. The second-order valence-corrected chi connectivity index (χ2v) is 6.12. The van der Waals surface area contributed by atoms with E-state index in [0.717, 1.165) is 0 Å². The molecule has 0 aliphatic rings. The van der Waals surface area contributed by atoms with Gasteiger partial charge >= 0.3 is 0 Å². The largest absolute Gasteiger partial charge is 0.315 e. The van der Waals surface area contributed by atoms with Gasteiger partial charge in [-0.2, -0.15) is 0 Å². The molecule has 0 aliphatic heterocycles. The first-order chi connectivity index (χ1) is 13.8. The van der Waals surface area contributed by atoms with E-state index in [1.165, 1.54) is 9.80 Å². The second-order valence-electron chi connectivity index (χ2n) is 6.12. The summed E-state index contributed by atoms with van der Waals surface area (Å²) in [6.45, 7) is 0. The first-order valence-corrected chi connectivity index (χ1v) is 8.50. The number of aliphatic imine (C=N–C) groups is 1. The summed E-state index contributed by atoms with van der Waals surface area (Å²) < 4.78 is 69.1. The molecular weight excluding hydrogens is 389 g/mol. The zero-order valence-electron chi connectivity index (χ0n) is 15.5. The third-order valence-electron chi connectivity index (χ3n) is 4.29. The number of halogens is 5. The first-order valence-electron chi connectivity index (χ1n) is 8.50. The Hall–Kier alpha value is -3.42. The zero-order chi connectivity index (χ0) is 21.1. The summed E-state index contributed by atoms with van der Waals surface area (Å²) in [5.41, 5.74) is -0.0715. The number of guanidine groups is 1. The fourth-order valence-electron chi connectivity index (χ4n) is 2.70. The molecule has 150 valence electrons. The van der Waals surface area contributed by atoms with Gasteiger partial charge in [-0.25, -0.2) is 26.9 Å². The standard InChI is InChI=1S/C21H16F5N3/c1-28(13-9-5-3-6-10-13)21(29(2)14-11-7-4-8-12-14)27-20-18(25)16(23)15(22)17(24)19(20)26/h3-12H,1-2H3. The Balaban J connectivity index is 2.21. The summed E-state index contributed by atoms with van der Waals surface area (Å²) in [4.78, 5) is 6.80. The fourth-order valence-corrected chi connectivity index (χ4v) is 2.70. The van der Waals surface area contributed by atoms with Crippen molar-refractivity contribution < 1.29 is 22.0 Å². The number of hydrogen-bond acceptors (Lipinski definition) is 1. The van der Waals surface area contributed by atoms with Gasteiger partial charge in [0.2, 0.25) is 11.8 Å². The highest BCUT2D eigenvalue weighted by atomic mass is 19.2. The van der Waals surface area contributed by atoms with E-state index < -0.39 is 34.8 Å². The van der Waals surface area contributed by atoms with Crippen LogP contribution in [0.5, 0.6) is 0 Å². The van der Waals surface area contributed by atoms with Crippen LogP contribution in [0.15, 0.2) is 65.7 Å². The smallest absolute Gasteiger partial charge is 0.210 e. The van der Waals surface area contributed by atoms with E-state index in [1.54, 1.807) is 74.8 Å². The van der Waals surface area contributed by atoms with Crippen molar-refractivity contribution in [2.24, 2.45) is 4.99 Å². The summed E-state index contributed by atoms with van der Waals surface area (Å²) >= 11 is 0. The van der Waals surface area contributed by atoms with E-state index in [9.17, 15) is 22.0 Å². The van der Waals surface area contributed by atoms with E-state index in [1.807, 2.05) is 0 Å². The molecule has 3 aromatic carbocycles. The molecule has 3 rings (SSSR count). The summed E-state index contributed by atoms with van der Waals surface area (Å²) in [5, 5.41) is 0. The average Bonchev–Trinajstić information content (AvgIpc) is 2.77. The van der Waals surface area contributed by atoms with Crippen LogP contribution in [0.4, 0.5) is 39.0 Å².